The minimum atomic E-state index is -3.44. The summed E-state index contributed by atoms with van der Waals surface area (Å²) in [5.41, 5.74) is 2.47. The van der Waals surface area contributed by atoms with Crippen LogP contribution in [-0.4, -0.2) is 13.7 Å². The zero-order valence-electron chi connectivity index (χ0n) is 11.8. The summed E-state index contributed by atoms with van der Waals surface area (Å²) in [4.78, 5) is 0. The molecule has 2 rings (SSSR count). The van der Waals surface area contributed by atoms with Crippen molar-refractivity contribution in [2.24, 2.45) is 0 Å². The first-order chi connectivity index (χ1) is 9.44. The van der Waals surface area contributed by atoms with Crippen LogP contribution >= 0.6 is 11.6 Å². The van der Waals surface area contributed by atoms with Gasteiger partial charge in [0, 0.05) is 0 Å². The highest BCUT2D eigenvalue weighted by molar-refractivity contribution is 7.93. The SMILES string of the molecule is CCC1=CCCCC1S(=O)(=O)Nc1ccc(C)cc1Cl. The lowest BCUT2D eigenvalue weighted by molar-refractivity contribution is 0.574. The lowest BCUT2D eigenvalue weighted by atomic mass is 9.97. The van der Waals surface area contributed by atoms with Gasteiger partial charge < -0.3 is 0 Å². The first-order valence-electron chi connectivity index (χ1n) is 6.90. The average Bonchev–Trinajstić information content (AvgIpc) is 2.42. The summed E-state index contributed by atoms with van der Waals surface area (Å²) < 4.78 is 27.7. The smallest absolute Gasteiger partial charge is 0.239 e. The van der Waals surface area contributed by atoms with Crippen molar-refractivity contribution in [3.63, 3.8) is 0 Å². The molecule has 1 aromatic carbocycles. The first kappa shape index (κ1) is 15.4. The van der Waals surface area contributed by atoms with E-state index in [4.69, 9.17) is 11.6 Å². The van der Waals surface area contributed by atoms with Gasteiger partial charge >= 0.3 is 0 Å². The fourth-order valence-electron chi connectivity index (χ4n) is 2.56. The van der Waals surface area contributed by atoms with Gasteiger partial charge in [0.05, 0.1) is 10.7 Å². The first-order valence-corrected chi connectivity index (χ1v) is 8.83. The van der Waals surface area contributed by atoms with E-state index < -0.39 is 15.3 Å². The van der Waals surface area contributed by atoms with Gasteiger partial charge in [-0.25, -0.2) is 8.42 Å². The zero-order chi connectivity index (χ0) is 14.8. The molecule has 0 amide bonds. The number of halogens is 1. The Balaban J connectivity index is 2.27. The Morgan fingerprint density at radius 3 is 2.80 bits per heavy atom. The highest BCUT2D eigenvalue weighted by Crippen LogP contribution is 2.30. The van der Waals surface area contributed by atoms with Crippen molar-refractivity contribution in [2.45, 2.75) is 44.8 Å². The van der Waals surface area contributed by atoms with Crippen LogP contribution in [0.3, 0.4) is 0 Å². The van der Waals surface area contributed by atoms with E-state index in [0.29, 0.717) is 17.1 Å². The van der Waals surface area contributed by atoms with Crippen LogP contribution in [-0.2, 0) is 10.0 Å². The second-order valence-electron chi connectivity index (χ2n) is 5.18. The van der Waals surface area contributed by atoms with E-state index in [1.54, 1.807) is 12.1 Å². The van der Waals surface area contributed by atoms with Gasteiger partial charge in [0.25, 0.3) is 0 Å². The maximum Gasteiger partial charge on any atom is 0.239 e. The summed E-state index contributed by atoms with van der Waals surface area (Å²) in [5.74, 6) is 0. The van der Waals surface area contributed by atoms with Crippen LogP contribution in [0.4, 0.5) is 5.69 Å². The van der Waals surface area contributed by atoms with Gasteiger partial charge in [0.1, 0.15) is 5.25 Å². The molecule has 1 aliphatic rings. The number of hydrogen-bond donors (Lipinski definition) is 1. The Kier molecular flexibility index (Phi) is 4.76. The quantitative estimate of drug-likeness (QED) is 0.843. The molecule has 0 aromatic heterocycles. The fraction of sp³-hybridized carbons (Fsp3) is 0.467. The number of hydrogen-bond acceptors (Lipinski definition) is 2. The molecule has 0 aliphatic heterocycles. The van der Waals surface area contributed by atoms with Gasteiger partial charge in [-0.2, -0.15) is 0 Å². The van der Waals surface area contributed by atoms with Gasteiger partial charge in [-0.3, -0.25) is 4.72 Å². The minimum Gasteiger partial charge on any atom is -0.282 e. The molecule has 1 atom stereocenters. The minimum absolute atomic E-state index is 0.432. The Morgan fingerprint density at radius 1 is 1.40 bits per heavy atom. The molecule has 1 N–H and O–H groups in total. The predicted octanol–water partition coefficient (Wildman–Crippen LogP) is 4.28. The van der Waals surface area contributed by atoms with Gasteiger partial charge in [-0.1, -0.05) is 36.2 Å². The molecule has 1 aliphatic carbocycles. The van der Waals surface area contributed by atoms with Crippen LogP contribution in [0, 0.1) is 6.92 Å². The van der Waals surface area contributed by atoms with Crippen LogP contribution < -0.4 is 4.72 Å². The number of aryl methyl sites for hydroxylation is 1. The van der Waals surface area contributed by atoms with Gasteiger partial charge in [0.2, 0.25) is 10.0 Å². The highest BCUT2D eigenvalue weighted by Gasteiger charge is 2.30. The molecule has 0 spiro atoms. The molecular weight excluding hydrogens is 294 g/mol. The second-order valence-corrected chi connectivity index (χ2v) is 7.45. The van der Waals surface area contributed by atoms with E-state index in [1.165, 1.54) is 0 Å². The highest BCUT2D eigenvalue weighted by atomic mass is 35.5. The summed E-state index contributed by atoms with van der Waals surface area (Å²) in [6.45, 7) is 3.92. The molecule has 110 valence electrons. The molecular formula is C15H20ClNO2S. The molecule has 1 unspecified atom stereocenters. The monoisotopic (exact) mass is 313 g/mol. The molecule has 5 heteroatoms. The molecule has 0 bridgehead atoms. The van der Waals surface area contributed by atoms with Crippen molar-refractivity contribution in [3.8, 4) is 0 Å². The number of allylic oxidation sites excluding steroid dienone is 1. The van der Waals surface area contributed by atoms with Gasteiger partial charge in [0.15, 0.2) is 0 Å². The van der Waals surface area contributed by atoms with E-state index in [9.17, 15) is 8.42 Å². The summed E-state index contributed by atoms with van der Waals surface area (Å²) in [6, 6.07) is 5.32. The van der Waals surface area contributed by atoms with Crippen molar-refractivity contribution in [2.75, 3.05) is 4.72 Å². The Morgan fingerprint density at radius 2 is 2.15 bits per heavy atom. The Labute approximate surface area is 126 Å². The number of sulfonamides is 1. The van der Waals surface area contributed by atoms with Crippen LogP contribution in [0.15, 0.2) is 29.8 Å². The van der Waals surface area contributed by atoms with E-state index in [2.05, 4.69) is 10.8 Å². The average molecular weight is 314 g/mol. The molecule has 1 aromatic rings. The third-order valence-electron chi connectivity index (χ3n) is 3.65. The number of rotatable bonds is 4. The van der Waals surface area contributed by atoms with Crippen molar-refractivity contribution in [1.29, 1.82) is 0 Å². The summed E-state index contributed by atoms with van der Waals surface area (Å²) in [7, 11) is -3.44. The van der Waals surface area contributed by atoms with Crippen LogP contribution in [0.1, 0.15) is 38.2 Å². The Bertz CT molecular complexity index is 623. The van der Waals surface area contributed by atoms with E-state index in [0.717, 1.165) is 30.4 Å². The van der Waals surface area contributed by atoms with E-state index >= 15 is 0 Å². The van der Waals surface area contributed by atoms with Crippen molar-refractivity contribution >= 4 is 27.3 Å². The van der Waals surface area contributed by atoms with Crippen molar-refractivity contribution in [3.05, 3.63) is 40.4 Å². The lowest BCUT2D eigenvalue weighted by Gasteiger charge is -2.24. The number of anilines is 1. The maximum atomic E-state index is 12.6. The maximum absolute atomic E-state index is 12.6. The predicted molar refractivity (Wildman–Crippen MR) is 84.7 cm³/mol. The van der Waals surface area contributed by atoms with Crippen molar-refractivity contribution in [1.82, 2.24) is 0 Å². The zero-order valence-corrected chi connectivity index (χ0v) is 13.4. The second kappa shape index (κ2) is 6.19. The van der Waals surface area contributed by atoms with Gasteiger partial charge in [-0.05, 0) is 50.3 Å². The Hall–Kier alpha value is -1.00. The number of benzene rings is 1. The molecule has 0 saturated heterocycles. The largest absolute Gasteiger partial charge is 0.282 e. The fourth-order valence-corrected chi connectivity index (χ4v) is 4.66. The van der Waals surface area contributed by atoms with E-state index in [-0.39, 0.29) is 0 Å². The van der Waals surface area contributed by atoms with E-state index in [1.807, 2.05) is 19.9 Å². The molecule has 0 radical (unpaired) electrons. The third kappa shape index (κ3) is 3.36. The normalized spacial score (nSPS) is 19.6. The molecule has 20 heavy (non-hydrogen) atoms. The topological polar surface area (TPSA) is 46.2 Å². The standard InChI is InChI=1S/C15H20ClNO2S/c1-3-12-6-4-5-7-15(12)20(18,19)17-14-9-8-11(2)10-13(14)16/h6,8-10,15,17H,3-5,7H2,1-2H3. The molecule has 0 fully saturated rings. The summed E-state index contributed by atoms with van der Waals surface area (Å²) >= 11 is 6.10. The van der Waals surface area contributed by atoms with Gasteiger partial charge in [-0.15, -0.1) is 0 Å². The lowest BCUT2D eigenvalue weighted by Crippen LogP contribution is -2.31. The van der Waals surface area contributed by atoms with Crippen molar-refractivity contribution < 1.29 is 8.42 Å². The molecule has 0 heterocycles. The van der Waals surface area contributed by atoms with Crippen LogP contribution in [0.25, 0.3) is 0 Å². The molecule has 0 saturated carbocycles. The molecule has 3 nitrogen and oxygen atoms in total. The van der Waals surface area contributed by atoms with Crippen LogP contribution in [0.2, 0.25) is 5.02 Å². The number of nitrogens with one attached hydrogen (secondary N) is 1. The third-order valence-corrected chi connectivity index (χ3v) is 5.75. The summed E-state index contributed by atoms with van der Waals surface area (Å²) in [5, 5.41) is 0.00466. The summed E-state index contributed by atoms with van der Waals surface area (Å²) in [6.07, 6.45) is 5.40. The van der Waals surface area contributed by atoms with Crippen LogP contribution in [0.5, 0.6) is 0 Å².